The minimum absolute atomic E-state index is 0.0961. The third kappa shape index (κ3) is 2.99. The summed E-state index contributed by atoms with van der Waals surface area (Å²) in [4.78, 5) is 0. The third-order valence-electron chi connectivity index (χ3n) is 6.06. The van der Waals surface area contributed by atoms with Crippen molar-refractivity contribution in [2.45, 2.75) is 51.4 Å². The summed E-state index contributed by atoms with van der Waals surface area (Å²) in [5, 5.41) is 0. The highest BCUT2D eigenvalue weighted by atomic mass is 19.1. The van der Waals surface area contributed by atoms with Crippen LogP contribution in [0.15, 0.2) is 36.4 Å². The number of rotatable bonds is 2. The molecule has 0 N–H and O–H groups in total. The highest BCUT2D eigenvalue weighted by molar-refractivity contribution is 5.66. The second-order valence-corrected chi connectivity index (χ2v) is 7.47. The zero-order chi connectivity index (χ0) is 16.5. The number of benzene rings is 2. The van der Waals surface area contributed by atoms with Crippen molar-refractivity contribution in [3.63, 3.8) is 0 Å². The van der Waals surface area contributed by atoms with Crippen LogP contribution in [0.3, 0.4) is 0 Å². The van der Waals surface area contributed by atoms with Crippen molar-refractivity contribution in [3.05, 3.63) is 59.2 Å². The van der Waals surface area contributed by atoms with Gasteiger partial charge in [-0.3, -0.25) is 0 Å². The fraction of sp³-hybridized carbons (Fsp3) is 0.455. The lowest BCUT2D eigenvalue weighted by Crippen LogP contribution is -2.25. The zero-order valence-corrected chi connectivity index (χ0v) is 14.0. The van der Waals surface area contributed by atoms with E-state index in [4.69, 9.17) is 0 Å². The number of hydrogen-bond acceptors (Lipinski definition) is 0. The first-order valence-electron chi connectivity index (χ1n) is 9.28. The number of hydrogen-bond donors (Lipinski definition) is 0. The summed E-state index contributed by atoms with van der Waals surface area (Å²) in [6, 6.07) is 10.1. The van der Waals surface area contributed by atoms with Crippen molar-refractivity contribution >= 4 is 0 Å². The third-order valence-corrected chi connectivity index (χ3v) is 6.06. The van der Waals surface area contributed by atoms with E-state index in [2.05, 4.69) is 6.07 Å². The van der Waals surface area contributed by atoms with Gasteiger partial charge in [0.1, 0.15) is 11.6 Å². The summed E-state index contributed by atoms with van der Waals surface area (Å²) < 4.78 is 28.1. The number of halogens is 2. The van der Waals surface area contributed by atoms with Gasteiger partial charge in [-0.25, -0.2) is 8.78 Å². The van der Waals surface area contributed by atoms with Crippen molar-refractivity contribution in [2.75, 3.05) is 0 Å². The minimum atomic E-state index is -0.285. The molecular formula is C22H24F2. The Balaban J connectivity index is 1.60. The van der Waals surface area contributed by atoms with Gasteiger partial charge in [0.15, 0.2) is 0 Å². The van der Waals surface area contributed by atoms with E-state index in [1.165, 1.54) is 49.8 Å². The largest absolute Gasteiger partial charge is 0.207 e. The Morgan fingerprint density at radius 3 is 2.25 bits per heavy atom. The first-order valence-corrected chi connectivity index (χ1v) is 9.28. The van der Waals surface area contributed by atoms with Gasteiger partial charge in [0, 0.05) is 5.56 Å². The molecule has 0 bridgehead atoms. The highest BCUT2D eigenvalue weighted by Gasteiger charge is 2.29. The topological polar surface area (TPSA) is 0 Å². The fourth-order valence-corrected chi connectivity index (χ4v) is 4.70. The molecular weight excluding hydrogens is 302 g/mol. The molecule has 2 aromatic rings. The lowest BCUT2D eigenvalue weighted by atomic mass is 9.71. The molecule has 1 fully saturated rings. The van der Waals surface area contributed by atoms with Crippen LogP contribution in [0.2, 0.25) is 0 Å². The molecule has 4 rings (SSSR count). The van der Waals surface area contributed by atoms with Crippen LogP contribution in [0, 0.1) is 23.5 Å². The monoisotopic (exact) mass is 326 g/mol. The van der Waals surface area contributed by atoms with Crippen LogP contribution in [-0.2, 0) is 12.8 Å². The molecule has 1 unspecified atom stereocenters. The Hall–Kier alpha value is -1.70. The predicted octanol–water partition coefficient (Wildman–Crippen LogP) is 6.32. The second kappa shape index (κ2) is 6.66. The normalized spacial score (nSPS) is 21.5. The van der Waals surface area contributed by atoms with E-state index < -0.39 is 0 Å². The Labute approximate surface area is 142 Å². The fourth-order valence-electron chi connectivity index (χ4n) is 4.70. The lowest BCUT2D eigenvalue weighted by Gasteiger charge is -2.34. The van der Waals surface area contributed by atoms with E-state index in [0.29, 0.717) is 5.56 Å². The van der Waals surface area contributed by atoms with Crippen molar-refractivity contribution in [2.24, 2.45) is 11.8 Å². The molecule has 0 aromatic heterocycles. The molecule has 1 saturated carbocycles. The van der Waals surface area contributed by atoms with E-state index in [-0.39, 0.29) is 11.6 Å². The van der Waals surface area contributed by atoms with Crippen molar-refractivity contribution < 1.29 is 8.78 Å². The quantitative estimate of drug-likeness (QED) is 0.606. The highest BCUT2D eigenvalue weighted by Crippen LogP contribution is 2.39. The van der Waals surface area contributed by atoms with Gasteiger partial charge in [-0.15, -0.1) is 0 Å². The van der Waals surface area contributed by atoms with Crippen LogP contribution < -0.4 is 0 Å². The summed E-state index contributed by atoms with van der Waals surface area (Å²) in [6.45, 7) is 0. The molecule has 24 heavy (non-hydrogen) atoms. The van der Waals surface area contributed by atoms with E-state index in [9.17, 15) is 4.39 Å². The van der Waals surface area contributed by atoms with Gasteiger partial charge in [-0.2, -0.15) is 0 Å². The lowest BCUT2D eigenvalue weighted by molar-refractivity contribution is 0.226. The minimum Gasteiger partial charge on any atom is -0.207 e. The molecule has 2 aliphatic carbocycles. The zero-order valence-electron chi connectivity index (χ0n) is 14.0. The summed E-state index contributed by atoms with van der Waals surface area (Å²) in [5.41, 5.74) is 3.44. The number of fused-ring (bicyclic) bond motifs is 1. The molecule has 2 aliphatic rings. The second-order valence-electron chi connectivity index (χ2n) is 7.47. The van der Waals surface area contributed by atoms with Gasteiger partial charge in [0.25, 0.3) is 0 Å². The average molecular weight is 326 g/mol. The molecule has 0 aliphatic heterocycles. The molecule has 0 radical (unpaired) electrons. The predicted molar refractivity (Wildman–Crippen MR) is 93.9 cm³/mol. The van der Waals surface area contributed by atoms with Crippen molar-refractivity contribution in [1.82, 2.24) is 0 Å². The molecule has 0 heterocycles. The summed E-state index contributed by atoms with van der Waals surface area (Å²) in [7, 11) is 0. The van der Waals surface area contributed by atoms with Gasteiger partial charge in [0.2, 0.25) is 0 Å². The van der Waals surface area contributed by atoms with E-state index in [1.807, 2.05) is 6.07 Å². The molecule has 126 valence electrons. The molecule has 0 spiro atoms. The maximum Gasteiger partial charge on any atom is 0.134 e. The first-order chi connectivity index (χ1) is 11.7. The maximum absolute atomic E-state index is 15.0. The van der Waals surface area contributed by atoms with Crippen molar-refractivity contribution in [1.29, 1.82) is 0 Å². The molecule has 2 aromatic carbocycles. The average Bonchev–Trinajstić information content (AvgIpc) is 2.63. The first kappa shape index (κ1) is 15.8. The molecule has 0 nitrogen and oxygen atoms in total. The Morgan fingerprint density at radius 2 is 1.50 bits per heavy atom. The Kier molecular flexibility index (Phi) is 4.39. The Bertz CT molecular complexity index is 711. The molecule has 0 saturated heterocycles. The van der Waals surface area contributed by atoms with E-state index in [1.54, 1.807) is 12.1 Å². The Morgan fingerprint density at radius 1 is 0.750 bits per heavy atom. The van der Waals surface area contributed by atoms with Gasteiger partial charge in [0.05, 0.1) is 0 Å². The summed E-state index contributed by atoms with van der Waals surface area (Å²) in [6.07, 6.45) is 9.82. The van der Waals surface area contributed by atoms with E-state index in [0.717, 1.165) is 42.2 Å². The van der Waals surface area contributed by atoms with Crippen LogP contribution in [0.5, 0.6) is 0 Å². The summed E-state index contributed by atoms with van der Waals surface area (Å²) in [5.74, 6) is 1.19. The van der Waals surface area contributed by atoms with Crippen molar-refractivity contribution in [3.8, 4) is 11.1 Å². The van der Waals surface area contributed by atoms with E-state index >= 15 is 4.39 Å². The van der Waals surface area contributed by atoms with Gasteiger partial charge in [-0.1, -0.05) is 56.4 Å². The van der Waals surface area contributed by atoms with Gasteiger partial charge >= 0.3 is 0 Å². The van der Waals surface area contributed by atoms with Gasteiger partial charge in [-0.05, 0) is 59.9 Å². The van der Waals surface area contributed by atoms with Crippen LogP contribution in [-0.4, -0.2) is 0 Å². The molecule has 1 atom stereocenters. The molecule has 2 heteroatoms. The SMILES string of the molecule is Fc1ccc(-c2ccc3c(c2F)CCC(C2CCCCC2)C3)cc1. The van der Waals surface area contributed by atoms with Crippen LogP contribution in [0.4, 0.5) is 8.78 Å². The maximum atomic E-state index is 15.0. The molecule has 0 amide bonds. The smallest absolute Gasteiger partial charge is 0.134 e. The van der Waals surface area contributed by atoms with Crippen LogP contribution in [0.25, 0.3) is 11.1 Å². The standard InChI is InChI=1S/C22H24F2/c23-19-10-6-16(7-11-19)20-13-9-18-14-17(8-12-21(18)22(20)24)15-4-2-1-3-5-15/h6-7,9-11,13,15,17H,1-5,8,12,14H2. The summed E-state index contributed by atoms with van der Waals surface area (Å²) >= 11 is 0. The van der Waals surface area contributed by atoms with Crippen LogP contribution >= 0.6 is 0 Å². The van der Waals surface area contributed by atoms with Crippen LogP contribution in [0.1, 0.15) is 49.7 Å². The van der Waals surface area contributed by atoms with Gasteiger partial charge < -0.3 is 0 Å².